The number of aromatic nitrogens is 1. The van der Waals surface area contributed by atoms with Crippen LogP contribution in [0.5, 0.6) is 0 Å². The lowest BCUT2D eigenvalue weighted by Gasteiger charge is -2.34. The Morgan fingerprint density at radius 2 is 2.24 bits per heavy atom. The van der Waals surface area contributed by atoms with E-state index in [0.717, 1.165) is 35.6 Å². The Morgan fingerprint density at radius 1 is 1.43 bits per heavy atom. The van der Waals surface area contributed by atoms with Crippen molar-refractivity contribution in [2.24, 2.45) is 0 Å². The van der Waals surface area contributed by atoms with E-state index in [0.29, 0.717) is 19.6 Å². The van der Waals surface area contributed by atoms with Crippen LogP contribution in [0.25, 0.3) is 0 Å². The van der Waals surface area contributed by atoms with E-state index < -0.39 is 0 Å². The summed E-state index contributed by atoms with van der Waals surface area (Å²) in [7, 11) is 1.68. The minimum atomic E-state index is 0.505. The van der Waals surface area contributed by atoms with Crippen LogP contribution >= 0.6 is 0 Å². The maximum absolute atomic E-state index is 10.7. The number of carbonyl (C=O) groups is 1. The van der Waals surface area contributed by atoms with Crippen molar-refractivity contribution in [1.29, 1.82) is 0 Å². The molecule has 1 fully saturated rings. The Hall–Kier alpha value is -1.92. The van der Waals surface area contributed by atoms with Gasteiger partial charge in [0.25, 0.3) is 0 Å². The molecule has 6 nitrogen and oxygen atoms in total. The summed E-state index contributed by atoms with van der Waals surface area (Å²) in [6.45, 7) is 6.24. The molecule has 0 aromatic carbocycles. The van der Waals surface area contributed by atoms with Crippen molar-refractivity contribution in [3.8, 4) is 0 Å². The van der Waals surface area contributed by atoms with Crippen LogP contribution in [0.4, 0.5) is 11.5 Å². The van der Waals surface area contributed by atoms with Crippen LogP contribution in [0.3, 0.4) is 0 Å². The van der Waals surface area contributed by atoms with Gasteiger partial charge in [-0.3, -0.25) is 0 Å². The number of hydrogen-bond donors (Lipinski definition) is 0. The van der Waals surface area contributed by atoms with Crippen LogP contribution < -0.4 is 9.80 Å². The lowest BCUT2D eigenvalue weighted by Crippen LogP contribution is -2.32. The summed E-state index contributed by atoms with van der Waals surface area (Å²) in [5.41, 5.74) is 4.60. The van der Waals surface area contributed by atoms with Gasteiger partial charge < -0.3 is 19.4 Å². The molecule has 0 N–H and O–H groups in total. The Kier molecular flexibility index (Phi) is 3.65. The first-order valence-corrected chi connectivity index (χ1v) is 7.09. The van der Waals surface area contributed by atoms with Crippen LogP contribution in [0.15, 0.2) is 18.1 Å². The number of anilines is 2. The molecule has 1 aromatic rings. The molecule has 0 amide bonds. The van der Waals surface area contributed by atoms with Crippen molar-refractivity contribution >= 4 is 17.8 Å². The van der Waals surface area contributed by atoms with Gasteiger partial charge in [-0.25, -0.2) is 4.98 Å². The van der Waals surface area contributed by atoms with Gasteiger partial charge in [-0.15, -0.1) is 0 Å². The lowest BCUT2D eigenvalue weighted by molar-refractivity contribution is -0.109. The number of aryl methyl sites for hydroxylation is 1. The number of rotatable bonds is 4. The van der Waals surface area contributed by atoms with E-state index in [4.69, 9.17) is 4.84 Å². The third-order valence-corrected chi connectivity index (χ3v) is 4.12. The highest BCUT2D eigenvalue weighted by molar-refractivity contribution is 5.78. The Bertz CT molecular complexity index is 600. The molecule has 3 rings (SSSR count). The predicted molar refractivity (Wildman–Crippen MR) is 80.9 cm³/mol. The van der Waals surface area contributed by atoms with E-state index in [9.17, 15) is 4.79 Å². The zero-order valence-electron chi connectivity index (χ0n) is 12.7. The lowest BCUT2D eigenvalue weighted by atomic mass is 10.1. The molecule has 6 heteroatoms. The molecular formula is C15H20N4O2. The van der Waals surface area contributed by atoms with E-state index in [1.807, 2.05) is 11.3 Å². The maximum Gasteiger partial charge on any atom is 0.158 e. The molecule has 1 aromatic heterocycles. The first-order chi connectivity index (χ1) is 10.2. The second-order valence-electron chi connectivity index (χ2n) is 5.40. The van der Waals surface area contributed by atoms with Gasteiger partial charge in [0.1, 0.15) is 13.0 Å². The molecule has 0 unspecified atom stereocenters. The number of nitrogens with zero attached hydrogens (tertiary/aromatic N) is 4. The quantitative estimate of drug-likeness (QED) is 0.784. The molecule has 3 heterocycles. The van der Waals surface area contributed by atoms with E-state index in [2.05, 4.69) is 34.8 Å². The van der Waals surface area contributed by atoms with Gasteiger partial charge in [-0.05, 0) is 25.0 Å². The fraction of sp³-hybridized carbons (Fsp3) is 0.467. The number of hydrogen-bond acceptors (Lipinski definition) is 6. The average Bonchev–Trinajstić information content (AvgIpc) is 2.91. The smallest absolute Gasteiger partial charge is 0.158 e. The summed E-state index contributed by atoms with van der Waals surface area (Å²) in [5.74, 6) is 0.945. The monoisotopic (exact) mass is 288 g/mol. The zero-order valence-corrected chi connectivity index (χ0v) is 12.7. The zero-order chi connectivity index (χ0) is 15.0. The van der Waals surface area contributed by atoms with Gasteiger partial charge in [0.15, 0.2) is 5.82 Å². The molecule has 2 aliphatic heterocycles. The summed E-state index contributed by atoms with van der Waals surface area (Å²) < 4.78 is 0. The van der Waals surface area contributed by atoms with Crippen molar-refractivity contribution in [3.05, 3.63) is 29.2 Å². The van der Waals surface area contributed by atoms with Crippen LogP contribution in [-0.4, -0.2) is 43.2 Å². The second-order valence-corrected chi connectivity index (χ2v) is 5.40. The van der Waals surface area contributed by atoms with E-state index >= 15 is 0 Å². The third-order valence-electron chi connectivity index (χ3n) is 4.12. The largest absolute Gasteiger partial charge is 0.343 e. The molecule has 0 atom stereocenters. The molecule has 0 bridgehead atoms. The van der Waals surface area contributed by atoms with E-state index in [1.54, 1.807) is 7.11 Å². The molecule has 0 radical (unpaired) electrons. The standard InChI is InChI=1S/C15H20N4O2/c1-11-7-16-15-14(12(11)2)17(5-4-6-20)8-13-9-18(21-3)10-19(13)15/h6-8H,4-5,9-10H2,1-3H3. The third kappa shape index (κ3) is 2.30. The molecule has 1 saturated heterocycles. The number of pyridine rings is 1. The average molecular weight is 288 g/mol. The first kappa shape index (κ1) is 14.0. The maximum atomic E-state index is 10.7. The number of carbonyl (C=O) groups excluding carboxylic acids is 1. The van der Waals surface area contributed by atoms with Crippen LogP contribution in [0, 0.1) is 13.8 Å². The summed E-state index contributed by atoms with van der Waals surface area (Å²) >= 11 is 0. The van der Waals surface area contributed by atoms with Gasteiger partial charge >= 0.3 is 0 Å². The minimum absolute atomic E-state index is 0.505. The molecule has 0 aliphatic carbocycles. The van der Waals surface area contributed by atoms with Crippen LogP contribution in [0.1, 0.15) is 17.5 Å². The van der Waals surface area contributed by atoms with Gasteiger partial charge in [0.2, 0.25) is 0 Å². The Balaban J connectivity index is 2.05. The number of hydroxylamine groups is 2. The Morgan fingerprint density at radius 3 is 2.95 bits per heavy atom. The van der Waals surface area contributed by atoms with Crippen LogP contribution in [0.2, 0.25) is 0 Å². The fourth-order valence-corrected chi connectivity index (χ4v) is 2.82. The van der Waals surface area contributed by atoms with Crippen molar-refractivity contribution in [2.45, 2.75) is 20.3 Å². The highest BCUT2D eigenvalue weighted by Gasteiger charge is 2.34. The van der Waals surface area contributed by atoms with Crippen molar-refractivity contribution < 1.29 is 9.63 Å². The summed E-state index contributed by atoms with van der Waals surface area (Å²) in [5, 5.41) is 1.88. The molecule has 2 aliphatic rings. The highest BCUT2D eigenvalue weighted by Crippen LogP contribution is 2.40. The fourth-order valence-electron chi connectivity index (χ4n) is 2.82. The van der Waals surface area contributed by atoms with Crippen molar-refractivity contribution in [3.63, 3.8) is 0 Å². The molecule has 21 heavy (non-hydrogen) atoms. The van der Waals surface area contributed by atoms with E-state index in [1.165, 1.54) is 5.56 Å². The number of aldehydes is 1. The summed E-state index contributed by atoms with van der Waals surface area (Å²) in [6.07, 6.45) is 5.48. The van der Waals surface area contributed by atoms with Crippen LogP contribution in [-0.2, 0) is 9.63 Å². The highest BCUT2D eigenvalue weighted by atomic mass is 16.7. The molecule has 0 spiro atoms. The van der Waals surface area contributed by atoms with Crippen molar-refractivity contribution in [2.75, 3.05) is 36.7 Å². The Labute approximate surface area is 124 Å². The van der Waals surface area contributed by atoms with Gasteiger partial charge in [0, 0.05) is 25.4 Å². The molecule has 0 saturated carbocycles. The summed E-state index contributed by atoms with van der Waals surface area (Å²) in [4.78, 5) is 25.0. The molecular weight excluding hydrogens is 268 g/mol. The summed E-state index contributed by atoms with van der Waals surface area (Å²) in [6, 6.07) is 0. The number of fused-ring (bicyclic) bond motifs is 3. The van der Waals surface area contributed by atoms with Gasteiger partial charge in [-0.1, -0.05) is 0 Å². The normalized spacial score (nSPS) is 17.6. The topological polar surface area (TPSA) is 48.9 Å². The minimum Gasteiger partial charge on any atom is -0.343 e. The van der Waals surface area contributed by atoms with Gasteiger partial charge in [-0.2, -0.15) is 5.06 Å². The van der Waals surface area contributed by atoms with Crippen molar-refractivity contribution in [1.82, 2.24) is 10.0 Å². The molecule has 112 valence electrons. The predicted octanol–water partition coefficient (Wildman–Crippen LogP) is 1.59. The first-order valence-electron chi connectivity index (χ1n) is 7.09. The SMILES string of the molecule is CON1CC2=CN(CCC=O)c3c(ncc(C)c3C)N2C1. The van der Waals surface area contributed by atoms with Gasteiger partial charge in [0.05, 0.1) is 25.0 Å². The second kappa shape index (κ2) is 5.46. The van der Waals surface area contributed by atoms with E-state index in [-0.39, 0.29) is 0 Å².